The standard InChI is InChI=1S/C15H25NO/c1-4-10-15(17,12-16-11-13(2)3)14-8-6-5-7-9-14/h5-9,13,16-17H,4,10-12H2,1-3H3. The molecule has 0 heterocycles. The highest BCUT2D eigenvalue weighted by Crippen LogP contribution is 2.25. The van der Waals surface area contributed by atoms with E-state index >= 15 is 0 Å². The summed E-state index contributed by atoms with van der Waals surface area (Å²) in [6, 6.07) is 9.97. The van der Waals surface area contributed by atoms with Gasteiger partial charge in [-0.1, -0.05) is 57.5 Å². The van der Waals surface area contributed by atoms with Crippen molar-refractivity contribution >= 4 is 0 Å². The van der Waals surface area contributed by atoms with E-state index in [1.54, 1.807) is 0 Å². The van der Waals surface area contributed by atoms with Crippen LogP contribution in [-0.2, 0) is 5.60 Å². The van der Waals surface area contributed by atoms with Crippen molar-refractivity contribution < 1.29 is 5.11 Å². The smallest absolute Gasteiger partial charge is 0.102 e. The van der Waals surface area contributed by atoms with Crippen LogP contribution in [0.15, 0.2) is 30.3 Å². The predicted octanol–water partition coefficient (Wildman–Crippen LogP) is 2.92. The first-order valence-corrected chi connectivity index (χ1v) is 6.57. The second-order valence-electron chi connectivity index (χ2n) is 5.17. The summed E-state index contributed by atoms with van der Waals surface area (Å²) in [5, 5.41) is 14.1. The molecule has 0 fully saturated rings. The molecular weight excluding hydrogens is 210 g/mol. The zero-order chi connectivity index (χ0) is 12.7. The lowest BCUT2D eigenvalue weighted by Crippen LogP contribution is -2.39. The maximum absolute atomic E-state index is 10.7. The van der Waals surface area contributed by atoms with Gasteiger partial charge in [-0.15, -0.1) is 0 Å². The Bertz CT molecular complexity index is 310. The Morgan fingerprint density at radius 2 is 1.88 bits per heavy atom. The molecule has 17 heavy (non-hydrogen) atoms. The molecule has 2 N–H and O–H groups in total. The zero-order valence-electron chi connectivity index (χ0n) is 11.2. The van der Waals surface area contributed by atoms with E-state index in [2.05, 4.69) is 26.1 Å². The molecule has 0 aliphatic carbocycles. The number of rotatable bonds is 7. The minimum Gasteiger partial charge on any atom is -0.384 e. The molecule has 1 rings (SSSR count). The first-order valence-electron chi connectivity index (χ1n) is 6.57. The maximum atomic E-state index is 10.7. The number of aliphatic hydroxyl groups is 1. The molecule has 0 aliphatic heterocycles. The maximum Gasteiger partial charge on any atom is 0.102 e. The Morgan fingerprint density at radius 3 is 2.41 bits per heavy atom. The van der Waals surface area contributed by atoms with E-state index in [4.69, 9.17) is 0 Å². The van der Waals surface area contributed by atoms with Crippen molar-refractivity contribution in [1.29, 1.82) is 0 Å². The summed E-state index contributed by atoms with van der Waals surface area (Å²) >= 11 is 0. The second-order valence-corrected chi connectivity index (χ2v) is 5.17. The van der Waals surface area contributed by atoms with Crippen LogP contribution in [0.25, 0.3) is 0 Å². The van der Waals surface area contributed by atoms with Crippen LogP contribution in [0.2, 0.25) is 0 Å². The SMILES string of the molecule is CCCC(O)(CNCC(C)C)c1ccccc1. The number of benzene rings is 1. The average molecular weight is 235 g/mol. The highest BCUT2D eigenvalue weighted by atomic mass is 16.3. The van der Waals surface area contributed by atoms with Gasteiger partial charge >= 0.3 is 0 Å². The molecule has 0 aliphatic rings. The lowest BCUT2D eigenvalue weighted by atomic mass is 9.89. The van der Waals surface area contributed by atoms with Crippen LogP contribution in [0.5, 0.6) is 0 Å². The van der Waals surface area contributed by atoms with Crippen molar-refractivity contribution in [2.75, 3.05) is 13.1 Å². The second kappa shape index (κ2) is 6.77. The minimum atomic E-state index is -0.731. The molecule has 0 spiro atoms. The molecule has 0 amide bonds. The highest BCUT2D eigenvalue weighted by molar-refractivity contribution is 5.22. The lowest BCUT2D eigenvalue weighted by molar-refractivity contribution is 0.0265. The van der Waals surface area contributed by atoms with Crippen LogP contribution in [0.1, 0.15) is 39.2 Å². The van der Waals surface area contributed by atoms with E-state index in [9.17, 15) is 5.11 Å². The van der Waals surface area contributed by atoms with Gasteiger partial charge in [0, 0.05) is 6.54 Å². The van der Waals surface area contributed by atoms with Gasteiger partial charge < -0.3 is 10.4 Å². The third-order valence-corrected chi connectivity index (χ3v) is 2.94. The predicted molar refractivity (Wildman–Crippen MR) is 73.0 cm³/mol. The summed E-state index contributed by atoms with van der Waals surface area (Å²) in [5.41, 5.74) is 0.281. The van der Waals surface area contributed by atoms with Crippen molar-refractivity contribution in [2.24, 2.45) is 5.92 Å². The van der Waals surface area contributed by atoms with Gasteiger partial charge in [0.25, 0.3) is 0 Å². The summed E-state index contributed by atoms with van der Waals surface area (Å²) < 4.78 is 0. The monoisotopic (exact) mass is 235 g/mol. The van der Waals surface area contributed by atoms with Gasteiger partial charge in [-0.2, -0.15) is 0 Å². The first kappa shape index (κ1) is 14.2. The van der Waals surface area contributed by atoms with Crippen LogP contribution in [0, 0.1) is 5.92 Å². The van der Waals surface area contributed by atoms with Gasteiger partial charge in [-0.3, -0.25) is 0 Å². The molecular formula is C15H25NO. The van der Waals surface area contributed by atoms with Gasteiger partial charge in [0.1, 0.15) is 5.60 Å². The normalized spacial score (nSPS) is 14.9. The summed E-state index contributed by atoms with van der Waals surface area (Å²) in [6.07, 6.45) is 1.77. The number of hydrogen-bond donors (Lipinski definition) is 2. The third-order valence-electron chi connectivity index (χ3n) is 2.94. The summed E-state index contributed by atoms with van der Waals surface area (Å²) in [7, 11) is 0. The third kappa shape index (κ3) is 4.49. The molecule has 0 radical (unpaired) electrons. The molecule has 2 heteroatoms. The van der Waals surface area contributed by atoms with Crippen molar-refractivity contribution in [2.45, 2.75) is 39.2 Å². The molecule has 0 saturated carbocycles. The molecule has 1 aromatic rings. The summed E-state index contributed by atoms with van der Waals surface area (Å²) in [6.45, 7) is 8.03. The Hall–Kier alpha value is -0.860. The molecule has 0 bridgehead atoms. The molecule has 96 valence electrons. The average Bonchev–Trinajstić information content (AvgIpc) is 2.30. The molecule has 1 atom stereocenters. The topological polar surface area (TPSA) is 32.3 Å². The molecule has 2 nitrogen and oxygen atoms in total. The van der Waals surface area contributed by atoms with Crippen molar-refractivity contribution in [3.63, 3.8) is 0 Å². The summed E-state index contributed by atoms with van der Waals surface area (Å²) in [5.74, 6) is 0.608. The van der Waals surface area contributed by atoms with Gasteiger partial charge in [-0.25, -0.2) is 0 Å². The van der Waals surface area contributed by atoms with Crippen LogP contribution in [0.4, 0.5) is 0 Å². The quantitative estimate of drug-likeness (QED) is 0.761. The highest BCUT2D eigenvalue weighted by Gasteiger charge is 2.27. The lowest BCUT2D eigenvalue weighted by Gasteiger charge is -2.29. The Kier molecular flexibility index (Phi) is 5.66. The van der Waals surface area contributed by atoms with Crippen molar-refractivity contribution in [1.82, 2.24) is 5.32 Å². The van der Waals surface area contributed by atoms with Gasteiger partial charge in [0.15, 0.2) is 0 Å². The van der Waals surface area contributed by atoms with Gasteiger partial charge in [0.05, 0.1) is 0 Å². The fourth-order valence-corrected chi connectivity index (χ4v) is 2.06. The molecule has 1 unspecified atom stereocenters. The fraction of sp³-hybridized carbons (Fsp3) is 0.600. The van der Waals surface area contributed by atoms with Crippen molar-refractivity contribution in [3.05, 3.63) is 35.9 Å². The first-order chi connectivity index (χ1) is 8.08. The largest absolute Gasteiger partial charge is 0.384 e. The molecule has 0 saturated heterocycles. The van der Waals surface area contributed by atoms with Crippen LogP contribution >= 0.6 is 0 Å². The zero-order valence-corrected chi connectivity index (χ0v) is 11.2. The minimum absolute atomic E-state index is 0.608. The number of nitrogens with one attached hydrogen (secondary N) is 1. The van der Waals surface area contributed by atoms with E-state index in [1.165, 1.54) is 0 Å². The van der Waals surface area contributed by atoms with E-state index < -0.39 is 5.60 Å². The van der Waals surface area contributed by atoms with Gasteiger partial charge in [0.2, 0.25) is 0 Å². The Morgan fingerprint density at radius 1 is 1.24 bits per heavy atom. The molecule has 0 aromatic heterocycles. The summed E-state index contributed by atoms with van der Waals surface area (Å²) in [4.78, 5) is 0. The van der Waals surface area contributed by atoms with Crippen LogP contribution in [-0.4, -0.2) is 18.2 Å². The fourth-order valence-electron chi connectivity index (χ4n) is 2.06. The van der Waals surface area contributed by atoms with Crippen molar-refractivity contribution in [3.8, 4) is 0 Å². The number of hydrogen-bond acceptors (Lipinski definition) is 2. The van der Waals surface area contributed by atoms with E-state index in [0.29, 0.717) is 12.5 Å². The van der Waals surface area contributed by atoms with Gasteiger partial charge in [-0.05, 0) is 24.4 Å². The van der Waals surface area contributed by atoms with E-state index in [-0.39, 0.29) is 0 Å². The molecule has 1 aromatic carbocycles. The van der Waals surface area contributed by atoms with E-state index in [0.717, 1.165) is 24.9 Å². The Balaban J connectivity index is 2.68. The van der Waals surface area contributed by atoms with Crippen LogP contribution in [0.3, 0.4) is 0 Å². The Labute approximate surface area is 105 Å². The van der Waals surface area contributed by atoms with Crippen LogP contribution < -0.4 is 5.32 Å². The van der Waals surface area contributed by atoms with E-state index in [1.807, 2.05) is 30.3 Å².